The van der Waals surface area contributed by atoms with Gasteiger partial charge >= 0.3 is 6.18 Å². The van der Waals surface area contributed by atoms with Crippen molar-refractivity contribution in [3.05, 3.63) is 44.7 Å². The number of hydrogen-bond donors (Lipinski definition) is 2. The average Bonchev–Trinajstić information content (AvgIpc) is 2.35. The van der Waals surface area contributed by atoms with Crippen molar-refractivity contribution >= 4 is 32.7 Å². The Bertz CT molecular complexity index is 725. The fourth-order valence-corrected chi connectivity index (χ4v) is 2.17. The van der Waals surface area contributed by atoms with E-state index in [0.717, 1.165) is 6.07 Å². The van der Waals surface area contributed by atoms with Crippen LogP contribution in [-0.2, 0) is 0 Å². The van der Waals surface area contributed by atoms with Gasteiger partial charge in [0.1, 0.15) is 6.54 Å². The van der Waals surface area contributed by atoms with Crippen LogP contribution in [0.4, 0.5) is 13.2 Å². The molecule has 4 nitrogen and oxygen atoms in total. The van der Waals surface area contributed by atoms with Gasteiger partial charge in [-0.1, -0.05) is 12.1 Å². The fourth-order valence-electron chi connectivity index (χ4n) is 1.71. The molecule has 0 saturated carbocycles. The molecule has 8 heteroatoms. The van der Waals surface area contributed by atoms with Gasteiger partial charge in [0.15, 0.2) is 0 Å². The molecule has 0 saturated heterocycles. The number of H-pyrrole nitrogens is 1. The minimum Gasteiger partial charge on any atom is -0.343 e. The zero-order valence-electron chi connectivity index (χ0n) is 9.84. The highest BCUT2D eigenvalue weighted by molar-refractivity contribution is 9.10. The number of hydrogen-bond acceptors (Lipinski definition) is 2. The predicted octanol–water partition coefficient (Wildman–Crippen LogP) is 2.58. The number of benzene rings is 1. The van der Waals surface area contributed by atoms with Crippen LogP contribution in [0.5, 0.6) is 0 Å². The second kappa shape index (κ2) is 5.28. The van der Waals surface area contributed by atoms with Crippen LogP contribution in [0.25, 0.3) is 10.9 Å². The van der Waals surface area contributed by atoms with Crippen LogP contribution in [0.15, 0.2) is 33.5 Å². The highest BCUT2D eigenvalue weighted by atomic mass is 79.9. The van der Waals surface area contributed by atoms with Crippen molar-refractivity contribution < 1.29 is 18.0 Å². The van der Waals surface area contributed by atoms with Crippen LogP contribution in [0, 0.1) is 0 Å². The number of amides is 1. The van der Waals surface area contributed by atoms with Gasteiger partial charge in [-0.05, 0) is 22.0 Å². The predicted molar refractivity (Wildman–Crippen MR) is 70.7 cm³/mol. The van der Waals surface area contributed by atoms with Crippen molar-refractivity contribution in [2.45, 2.75) is 6.18 Å². The van der Waals surface area contributed by atoms with E-state index >= 15 is 0 Å². The highest BCUT2D eigenvalue weighted by Gasteiger charge is 2.28. The Morgan fingerprint density at radius 1 is 1.35 bits per heavy atom. The number of carbonyl (C=O) groups excluding carboxylic acids is 1. The van der Waals surface area contributed by atoms with E-state index in [2.05, 4.69) is 20.9 Å². The number of aromatic nitrogens is 1. The SMILES string of the molecule is O=C(NCC(F)(F)F)c1cc(=O)[nH]c2c(Br)cccc12. The molecule has 0 bridgehead atoms. The first-order valence-electron chi connectivity index (χ1n) is 5.44. The minimum atomic E-state index is -4.51. The summed E-state index contributed by atoms with van der Waals surface area (Å²) < 4.78 is 36.8. The largest absolute Gasteiger partial charge is 0.405 e. The van der Waals surface area contributed by atoms with Gasteiger partial charge in [0.05, 0.1) is 11.1 Å². The van der Waals surface area contributed by atoms with Gasteiger partial charge < -0.3 is 10.3 Å². The normalized spacial score (nSPS) is 11.6. The zero-order chi connectivity index (χ0) is 14.9. The van der Waals surface area contributed by atoms with Crippen LogP contribution >= 0.6 is 15.9 Å². The summed E-state index contributed by atoms with van der Waals surface area (Å²) in [6.45, 7) is -1.45. The van der Waals surface area contributed by atoms with Gasteiger partial charge in [-0.3, -0.25) is 9.59 Å². The van der Waals surface area contributed by atoms with Crippen LogP contribution in [0.1, 0.15) is 10.4 Å². The highest BCUT2D eigenvalue weighted by Crippen LogP contribution is 2.23. The summed E-state index contributed by atoms with van der Waals surface area (Å²) >= 11 is 3.20. The molecular weight excluding hydrogens is 341 g/mol. The van der Waals surface area contributed by atoms with Crippen molar-refractivity contribution in [3.63, 3.8) is 0 Å². The molecule has 0 aliphatic rings. The Labute approximate surface area is 119 Å². The lowest BCUT2D eigenvalue weighted by molar-refractivity contribution is -0.123. The lowest BCUT2D eigenvalue weighted by atomic mass is 10.1. The number of pyridine rings is 1. The number of halogens is 4. The summed E-state index contributed by atoms with van der Waals surface area (Å²) in [4.78, 5) is 25.8. The third kappa shape index (κ3) is 3.19. The topological polar surface area (TPSA) is 62.0 Å². The Morgan fingerprint density at radius 2 is 2.05 bits per heavy atom. The molecule has 0 aliphatic heterocycles. The third-order valence-electron chi connectivity index (χ3n) is 2.52. The Balaban J connectivity index is 2.46. The zero-order valence-corrected chi connectivity index (χ0v) is 11.4. The maximum atomic E-state index is 12.1. The fraction of sp³-hybridized carbons (Fsp3) is 0.167. The Morgan fingerprint density at radius 3 is 2.70 bits per heavy atom. The van der Waals surface area contributed by atoms with Crippen LogP contribution in [-0.4, -0.2) is 23.6 Å². The molecule has 1 aromatic heterocycles. The molecule has 0 fully saturated rings. The molecule has 0 radical (unpaired) electrons. The summed E-state index contributed by atoms with van der Waals surface area (Å²) in [6, 6.07) is 5.78. The summed E-state index contributed by atoms with van der Waals surface area (Å²) in [5, 5.41) is 2.11. The molecule has 1 amide bonds. The van der Waals surface area contributed by atoms with Gasteiger partial charge in [0.25, 0.3) is 5.91 Å². The number of alkyl halides is 3. The van der Waals surface area contributed by atoms with Crippen molar-refractivity contribution in [3.8, 4) is 0 Å². The lowest BCUT2D eigenvalue weighted by Crippen LogP contribution is -2.34. The van der Waals surface area contributed by atoms with Gasteiger partial charge in [0, 0.05) is 15.9 Å². The summed E-state index contributed by atoms with van der Waals surface area (Å²) in [6.07, 6.45) is -4.51. The number of fused-ring (bicyclic) bond motifs is 1. The summed E-state index contributed by atoms with van der Waals surface area (Å²) in [5.41, 5.74) is -0.312. The molecule has 2 rings (SSSR count). The summed E-state index contributed by atoms with van der Waals surface area (Å²) in [7, 11) is 0. The lowest BCUT2D eigenvalue weighted by Gasteiger charge is -2.10. The van der Waals surface area contributed by atoms with Crippen molar-refractivity contribution in [1.82, 2.24) is 10.3 Å². The molecule has 0 unspecified atom stereocenters. The molecule has 2 aromatic rings. The van der Waals surface area contributed by atoms with Crippen molar-refractivity contribution in [2.24, 2.45) is 0 Å². The number of nitrogens with one attached hydrogen (secondary N) is 2. The first-order valence-corrected chi connectivity index (χ1v) is 6.24. The van der Waals surface area contributed by atoms with Gasteiger partial charge in [-0.15, -0.1) is 0 Å². The van der Waals surface area contributed by atoms with Crippen LogP contribution < -0.4 is 10.9 Å². The smallest absolute Gasteiger partial charge is 0.343 e. The van der Waals surface area contributed by atoms with E-state index in [1.54, 1.807) is 23.5 Å². The monoisotopic (exact) mass is 348 g/mol. The number of carbonyl (C=O) groups is 1. The molecular formula is C12H8BrF3N2O2. The molecule has 20 heavy (non-hydrogen) atoms. The molecule has 1 aromatic carbocycles. The molecule has 0 atom stereocenters. The Hall–Kier alpha value is -1.83. The maximum absolute atomic E-state index is 12.1. The van der Waals surface area contributed by atoms with E-state index in [9.17, 15) is 22.8 Å². The molecule has 1 heterocycles. The van der Waals surface area contributed by atoms with Crippen molar-refractivity contribution in [1.29, 1.82) is 0 Å². The first-order chi connectivity index (χ1) is 9.28. The number of aromatic amines is 1. The number of para-hydroxylation sites is 1. The molecule has 0 spiro atoms. The van der Waals surface area contributed by atoms with E-state index in [4.69, 9.17) is 0 Å². The van der Waals surface area contributed by atoms with Crippen LogP contribution in [0.3, 0.4) is 0 Å². The van der Waals surface area contributed by atoms with E-state index < -0.39 is 24.2 Å². The van der Waals surface area contributed by atoms with Crippen molar-refractivity contribution in [2.75, 3.05) is 6.54 Å². The Kier molecular flexibility index (Phi) is 3.85. The molecule has 2 N–H and O–H groups in total. The maximum Gasteiger partial charge on any atom is 0.405 e. The van der Waals surface area contributed by atoms with E-state index in [-0.39, 0.29) is 5.56 Å². The van der Waals surface area contributed by atoms with Crippen LogP contribution in [0.2, 0.25) is 0 Å². The second-order valence-electron chi connectivity index (χ2n) is 4.01. The molecule has 106 valence electrons. The first kappa shape index (κ1) is 14.6. The standard InChI is InChI=1S/C12H8BrF3N2O2/c13-8-3-1-2-6-7(4-9(19)18-10(6)8)11(20)17-5-12(14,15)16/h1-4H,5H2,(H,17,20)(H,18,19). The van der Waals surface area contributed by atoms with E-state index in [1.165, 1.54) is 0 Å². The minimum absolute atomic E-state index is 0.102. The second-order valence-corrected chi connectivity index (χ2v) is 4.86. The number of rotatable bonds is 2. The van der Waals surface area contributed by atoms with Gasteiger partial charge in [-0.2, -0.15) is 13.2 Å². The third-order valence-corrected chi connectivity index (χ3v) is 3.18. The van der Waals surface area contributed by atoms with E-state index in [1.807, 2.05) is 0 Å². The summed E-state index contributed by atoms with van der Waals surface area (Å²) in [5.74, 6) is -0.948. The quantitative estimate of drug-likeness (QED) is 0.876. The van der Waals surface area contributed by atoms with E-state index in [0.29, 0.717) is 15.4 Å². The van der Waals surface area contributed by atoms with Gasteiger partial charge in [0.2, 0.25) is 5.56 Å². The average molecular weight is 349 g/mol. The molecule has 0 aliphatic carbocycles. The van der Waals surface area contributed by atoms with Gasteiger partial charge in [-0.25, -0.2) is 0 Å².